The third kappa shape index (κ3) is 2.96. The summed E-state index contributed by atoms with van der Waals surface area (Å²) in [6, 6.07) is 11.0. The van der Waals surface area contributed by atoms with Crippen LogP contribution in [-0.4, -0.2) is 17.9 Å². The van der Waals surface area contributed by atoms with Gasteiger partial charge in [-0.15, -0.1) is 0 Å². The minimum absolute atomic E-state index is 0.160. The number of imide groups is 1. The van der Waals surface area contributed by atoms with Crippen molar-refractivity contribution in [3.05, 3.63) is 57.6 Å². The maximum Gasteiger partial charge on any atom is 0.256 e. The van der Waals surface area contributed by atoms with Gasteiger partial charge in [-0.3, -0.25) is 9.59 Å². The number of rotatable bonds is 3. The number of carbonyl (C=O) groups is 2. The molecule has 0 saturated carbocycles. The van der Waals surface area contributed by atoms with E-state index in [0.717, 1.165) is 26.9 Å². The molecule has 5 heteroatoms. The van der Waals surface area contributed by atoms with E-state index in [0.29, 0.717) is 5.69 Å². The van der Waals surface area contributed by atoms with Crippen LogP contribution in [0.15, 0.2) is 40.9 Å². The van der Waals surface area contributed by atoms with E-state index in [-0.39, 0.29) is 18.2 Å². The molecule has 0 aliphatic carbocycles. The molecule has 0 spiro atoms. The van der Waals surface area contributed by atoms with Crippen LogP contribution in [0.3, 0.4) is 0 Å². The lowest BCUT2D eigenvalue weighted by atomic mass is 10.0. The van der Waals surface area contributed by atoms with Crippen molar-refractivity contribution in [1.82, 2.24) is 0 Å². The summed E-state index contributed by atoms with van der Waals surface area (Å²) in [5, 5.41) is 3.18. The maximum atomic E-state index is 12.8. The molecule has 1 N–H and O–H groups in total. The van der Waals surface area contributed by atoms with Gasteiger partial charge in [0.05, 0.1) is 12.1 Å². The average molecular weight is 387 g/mol. The number of hydrogen-bond donors (Lipinski definition) is 1. The van der Waals surface area contributed by atoms with Gasteiger partial charge in [0.25, 0.3) is 5.91 Å². The summed E-state index contributed by atoms with van der Waals surface area (Å²) in [5.41, 5.74) is 4.53. The Bertz CT molecular complexity index is 809. The second-order valence-electron chi connectivity index (χ2n) is 6.20. The van der Waals surface area contributed by atoms with Crippen LogP contribution in [0.1, 0.15) is 23.1 Å². The number of amides is 2. The fourth-order valence-electron chi connectivity index (χ4n) is 3.27. The van der Waals surface area contributed by atoms with E-state index in [1.165, 1.54) is 4.90 Å². The molecule has 3 rings (SSSR count). The van der Waals surface area contributed by atoms with Crippen LogP contribution in [0.4, 0.5) is 11.4 Å². The van der Waals surface area contributed by atoms with Gasteiger partial charge in [-0.1, -0.05) is 29.8 Å². The van der Waals surface area contributed by atoms with E-state index in [4.69, 9.17) is 0 Å². The monoisotopic (exact) mass is 386 g/mol. The number of halogens is 1. The topological polar surface area (TPSA) is 49.4 Å². The molecule has 2 aromatic carbocycles. The quantitative estimate of drug-likeness (QED) is 0.807. The van der Waals surface area contributed by atoms with Gasteiger partial charge in [0.1, 0.15) is 6.04 Å². The Kier molecular flexibility index (Phi) is 4.45. The van der Waals surface area contributed by atoms with Crippen molar-refractivity contribution in [1.29, 1.82) is 0 Å². The predicted molar refractivity (Wildman–Crippen MR) is 99.3 cm³/mol. The molecule has 24 heavy (non-hydrogen) atoms. The van der Waals surface area contributed by atoms with Crippen LogP contribution in [0, 0.1) is 20.8 Å². The molecule has 0 aromatic heterocycles. The van der Waals surface area contributed by atoms with Crippen molar-refractivity contribution in [2.75, 3.05) is 10.2 Å². The smallest absolute Gasteiger partial charge is 0.256 e. The molecule has 1 aliphatic rings. The third-order valence-corrected chi connectivity index (χ3v) is 4.90. The summed E-state index contributed by atoms with van der Waals surface area (Å²) in [4.78, 5) is 26.7. The highest BCUT2D eigenvalue weighted by atomic mass is 79.9. The minimum Gasteiger partial charge on any atom is -0.372 e. The molecule has 1 aliphatic heterocycles. The van der Waals surface area contributed by atoms with Gasteiger partial charge in [-0.2, -0.15) is 0 Å². The van der Waals surface area contributed by atoms with Gasteiger partial charge in [0, 0.05) is 10.2 Å². The fourth-order valence-corrected chi connectivity index (χ4v) is 3.67. The summed E-state index contributed by atoms with van der Waals surface area (Å²) in [5.74, 6) is -0.370. The minimum atomic E-state index is -0.545. The number of anilines is 2. The predicted octanol–water partition coefficient (Wildman–Crippen LogP) is 4.12. The summed E-state index contributed by atoms with van der Waals surface area (Å²) >= 11 is 3.46. The van der Waals surface area contributed by atoms with Crippen molar-refractivity contribution >= 4 is 39.1 Å². The Morgan fingerprint density at radius 2 is 1.71 bits per heavy atom. The third-order valence-electron chi connectivity index (χ3n) is 4.21. The van der Waals surface area contributed by atoms with E-state index in [2.05, 4.69) is 21.2 Å². The number of aryl methyl sites for hydroxylation is 3. The van der Waals surface area contributed by atoms with Crippen LogP contribution in [-0.2, 0) is 9.59 Å². The van der Waals surface area contributed by atoms with Crippen molar-refractivity contribution in [2.45, 2.75) is 33.2 Å². The lowest BCUT2D eigenvalue weighted by molar-refractivity contribution is -0.121. The molecule has 2 amide bonds. The highest BCUT2D eigenvalue weighted by Crippen LogP contribution is 2.32. The first-order valence-electron chi connectivity index (χ1n) is 7.84. The Morgan fingerprint density at radius 3 is 2.33 bits per heavy atom. The molecule has 0 radical (unpaired) electrons. The van der Waals surface area contributed by atoms with Crippen LogP contribution in [0.2, 0.25) is 0 Å². The molecular weight excluding hydrogens is 368 g/mol. The zero-order valence-electron chi connectivity index (χ0n) is 13.9. The molecule has 0 bridgehead atoms. The van der Waals surface area contributed by atoms with Gasteiger partial charge >= 0.3 is 0 Å². The lowest BCUT2D eigenvalue weighted by Crippen LogP contribution is -2.35. The SMILES string of the molecule is Cc1cc(C)c(N2C(=O)C[C@H](Nc3ccccc3Br)C2=O)c(C)c1. The van der Waals surface area contributed by atoms with E-state index in [9.17, 15) is 9.59 Å². The van der Waals surface area contributed by atoms with E-state index >= 15 is 0 Å². The number of nitrogens with zero attached hydrogens (tertiary/aromatic N) is 1. The van der Waals surface area contributed by atoms with Crippen molar-refractivity contribution in [2.24, 2.45) is 0 Å². The Morgan fingerprint density at radius 1 is 1.08 bits per heavy atom. The van der Waals surface area contributed by atoms with Gasteiger partial charge in [0.15, 0.2) is 0 Å². The highest BCUT2D eigenvalue weighted by molar-refractivity contribution is 9.10. The number of nitrogens with one attached hydrogen (secondary N) is 1. The zero-order valence-corrected chi connectivity index (χ0v) is 15.5. The van der Waals surface area contributed by atoms with Crippen LogP contribution in [0.25, 0.3) is 0 Å². The highest BCUT2D eigenvalue weighted by Gasteiger charge is 2.40. The Labute approximate surface area is 150 Å². The summed E-state index contributed by atoms with van der Waals surface area (Å²) in [7, 11) is 0. The van der Waals surface area contributed by atoms with E-state index in [1.54, 1.807) is 0 Å². The molecule has 2 aromatic rings. The zero-order chi connectivity index (χ0) is 17.4. The van der Waals surface area contributed by atoms with Crippen molar-refractivity contribution in [3.63, 3.8) is 0 Å². The molecule has 124 valence electrons. The molecule has 1 heterocycles. The van der Waals surface area contributed by atoms with E-state index in [1.807, 2.05) is 57.2 Å². The van der Waals surface area contributed by atoms with Crippen molar-refractivity contribution < 1.29 is 9.59 Å². The molecule has 0 unspecified atom stereocenters. The molecule has 1 fully saturated rings. The van der Waals surface area contributed by atoms with Gasteiger partial charge in [0.2, 0.25) is 5.91 Å². The average Bonchev–Trinajstić information content (AvgIpc) is 2.76. The number of benzene rings is 2. The summed E-state index contributed by atoms with van der Waals surface area (Å²) in [6.07, 6.45) is 0.160. The molecule has 4 nitrogen and oxygen atoms in total. The first-order valence-corrected chi connectivity index (χ1v) is 8.63. The number of carbonyl (C=O) groups excluding carboxylic acids is 2. The van der Waals surface area contributed by atoms with Crippen molar-refractivity contribution in [3.8, 4) is 0 Å². The molecule has 1 saturated heterocycles. The van der Waals surface area contributed by atoms with Crippen LogP contribution in [0.5, 0.6) is 0 Å². The summed E-state index contributed by atoms with van der Waals surface area (Å²) in [6.45, 7) is 5.88. The number of para-hydroxylation sites is 1. The maximum absolute atomic E-state index is 12.8. The standard InChI is InChI=1S/C19H19BrN2O2/c1-11-8-12(2)18(13(3)9-11)22-17(23)10-16(19(22)24)21-15-7-5-4-6-14(15)20/h4-9,16,21H,10H2,1-3H3/t16-/m0/s1. The normalized spacial score (nSPS) is 17.5. The van der Waals surface area contributed by atoms with E-state index < -0.39 is 6.04 Å². The first-order chi connectivity index (χ1) is 11.4. The van der Waals surface area contributed by atoms with Crippen LogP contribution < -0.4 is 10.2 Å². The fraction of sp³-hybridized carbons (Fsp3) is 0.263. The molecular formula is C19H19BrN2O2. The molecule has 1 atom stereocenters. The van der Waals surface area contributed by atoms with Crippen LogP contribution >= 0.6 is 15.9 Å². The first kappa shape index (κ1) is 16.7. The van der Waals surface area contributed by atoms with Gasteiger partial charge in [-0.25, -0.2) is 4.90 Å². The van der Waals surface area contributed by atoms with Gasteiger partial charge < -0.3 is 5.32 Å². The lowest BCUT2D eigenvalue weighted by Gasteiger charge is -2.21. The Balaban J connectivity index is 1.92. The number of hydrogen-bond acceptors (Lipinski definition) is 3. The second kappa shape index (κ2) is 6.40. The largest absolute Gasteiger partial charge is 0.372 e. The van der Waals surface area contributed by atoms with Gasteiger partial charge in [-0.05, 0) is 60.0 Å². The Hall–Kier alpha value is -2.14. The summed E-state index contributed by atoms with van der Waals surface area (Å²) < 4.78 is 0.867. The second-order valence-corrected chi connectivity index (χ2v) is 7.05.